The average molecular weight is 360 g/mol. The van der Waals surface area contributed by atoms with Crippen LogP contribution in [0.1, 0.15) is 38.7 Å². The van der Waals surface area contributed by atoms with E-state index >= 15 is 0 Å². The number of carbonyl (C=O) groups is 2. The van der Waals surface area contributed by atoms with E-state index in [1.807, 2.05) is 26.0 Å². The maximum atomic E-state index is 11.9. The fourth-order valence-corrected chi connectivity index (χ4v) is 2.70. The number of hydrogen-bond donors (Lipinski definition) is 2. The number of ether oxygens (including phenoxy) is 1. The van der Waals surface area contributed by atoms with E-state index < -0.39 is 0 Å². The van der Waals surface area contributed by atoms with Crippen molar-refractivity contribution in [3.05, 3.63) is 29.8 Å². The third-order valence-electron chi connectivity index (χ3n) is 3.92. The molecule has 142 valence electrons. The molecule has 2 N–H and O–H groups in total. The first kappa shape index (κ1) is 19.9. The van der Waals surface area contributed by atoms with Crippen molar-refractivity contribution in [1.29, 1.82) is 0 Å². The third kappa shape index (κ3) is 7.65. The Morgan fingerprint density at radius 1 is 1.15 bits per heavy atom. The van der Waals surface area contributed by atoms with Crippen LogP contribution in [-0.4, -0.2) is 55.2 Å². The Kier molecular flexibility index (Phi) is 8.08. The summed E-state index contributed by atoms with van der Waals surface area (Å²) in [5.74, 6) is 0.358. The Morgan fingerprint density at radius 3 is 2.50 bits per heavy atom. The van der Waals surface area contributed by atoms with Crippen molar-refractivity contribution < 1.29 is 14.3 Å². The molecular weight excluding hydrogens is 332 g/mol. The standard InChI is InChI=1S/C19H28N4O3/c1-15(2)21-19(25)14-26-17-8-6-16(7-9-17)12-20-22-18(24)13-23-10-4-3-5-11-23/h6-9,12,15H,3-5,10-11,13-14H2,1-2H3,(H,21,25)(H,22,24)/b20-12-. The molecule has 0 aromatic heterocycles. The van der Waals surface area contributed by atoms with Crippen molar-refractivity contribution >= 4 is 18.0 Å². The number of benzene rings is 1. The highest BCUT2D eigenvalue weighted by Crippen LogP contribution is 2.11. The van der Waals surface area contributed by atoms with E-state index in [9.17, 15) is 9.59 Å². The monoisotopic (exact) mass is 360 g/mol. The fraction of sp³-hybridized carbons (Fsp3) is 0.526. The molecule has 2 amide bonds. The third-order valence-corrected chi connectivity index (χ3v) is 3.92. The van der Waals surface area contributed by atoms with Crippen molar-refractivity contribution in [2.75, 3.05) is 26.2 Å². The van der Waals surface area contributed by atoms with Gasteiger partial charge in [-0.15, -0.1) is 0 Å². The van der Waals surface area contributed by atoms with Crippen LogP contribution in [0.2, 0.25) is 0 Å². The van der Waals surface area contributed by atoms with Gasteiger partial charge in [-0.2, -0.15) is 5.10 Å². The Balaban J connectivity index is 1.71. The summed E-state index contributed by atoms with van der Waals surface area (Å²) in [6, 6.07) is 7.25. The molecule has 26 heavy (non-hydrogen) atoms. The minimum absolute atomic E-state index is 0.0157. The molecule has 2 rings (SSSR count). The zero-order valence-corrected chi connectivity index (χ0v) is 15.5. The van der Waals surface area contributed by atoms with E-state index in [1.54, 1.807) is 18.3 Å². The zero-order chi connectivity index (χ0) is 18.8. The molecule has 0 radical (unpaired) electrons. The summed E-state index contributed by atoms with van der Waals surface area (Å²) in [5.41, 5.74) is 3.39. The van der Waals surface area contributed by atoms with E-state index in [1.165, 1.54) is 6.42 Å². The van der Waals surface area contributed by atoms with Crippen LogP contribution in [0.4, 0.5) is 0 Å². The molecule has 1 aromatic carbocycles. The smallest absolute Gasteiger partial charge is 0.258 e. The predicted octanol–water partition coefficient (Wildman–Crippen LogP) is 1.53. The molecule has 0 bridgehead atoms. The van der Waals surface area contributed by atoms with Gasteiger partial charge in [0.15, 0.2) is 6.61 Å². The summed E-state index contributed by atoms with van der Waals surface area (Å²) >= 11 is 0. The van der Waals surface area contributed by atoms with Crippen molar-refractivity contribution in [3.8, 4) is 5.75 Å². The van der Waals surface area contributed by atoms with Gasteiger partial charge in [-0.3, -0.25) is 14.5 Å². The molecule has 1 saturated heterocycles. The first-order valence-corrected chi connectivity index (χ1v) is 9.09. The van der Waals surface area contributed by atoms with Crippen molar-refractivity contribution in [1.82, 2.24) is 15.6 Å². The number of nitrogens with one attached hydrogen (secondary N) is 2. The van der Waals surface area contributed by atoms with E-state index in [2.05, 4.69) is 20.7 Å². The molecule has 0 saturated carbocycles. The molecule has 1 aliphatic rings. The van der Waals surface area contributed by atoms with E-state index in [-0.39, 0.29) is 24.5 Å². The van der Waals surface area contributed by atoms with E-state index in [4.69, 9.17) is 4.74 Å². The van der Waals surface area contributed by atoms with Gasteiger partial charge >= 0.3 is 0 Å². The molecule has 7 nitrogen and oxygen atoms in total. The molecule has 1 aliphatic heterocycles. The summed E-state index contributed by atoms with van der Waals surface area (Å²) in [5, 5.41) is 6.75. The average Bonchev–Trinajstić information content (AvgIpc) is 2.61. The van der Waals surface area contributed by atoms with Gasteiger partial charge in [0.25, 0.3) is 11.8 Å². The second kappa shape index (κ2) is 10.6. The Hall–Kier alpha value is -2.41. The molecule has 1 fully saturated rings. The molecule has 1 heterocycles. The number of hydrazone groups is 1. The van der Waals surface area contributed by atoms with Crippen LogP contribution in [0.15, 0.2) is 29.4 Å². The highest BCUT2D eigenvalue weighted by molar-refractivity contribution is 5.83. The lowest BCUT2D eigenvalue weighted by Gasteiger charge is -2.25. The molecule has 0 unspecified atom stereocenters. The molecule has 0 atom stereocenters. The minimum Gasteiger partial charge on any atom is -0.484 e. The summed E-state index contributed by atoms with van der Waals surface area (Å²) in [6.07, 6.45) is 5.15. The normalized spacial score (nSPS) is 15.2. The highest BCUT2D eigenvalue weighted by Gasteiger charge is 2.13. The molecule has 1 aromatic rings. The number of piperidine rings is 1. The number of likely N-dealkylation sites (tertiary alicyclic amines) is 1. The van der Waals surface area contributed by atoms with Crippen LogP contribution in [0.5, 0.6) is 5.75 Å². The van der Waals surface area contributed by atoms with Crippen LogP contribution in [0.25, 0.3) is 0 Å². The number of carbonyl (C=O) groups excluding carboxylic acids is 2. The molecule has 0 aliphatic carbocycles. The Bertz CT molecular complexity index is 608. The number of amides is 2. The van der Waals surface area contributed by atoms with Crippen molar-refractivity contribution in [3.63, 3.8) is 0 Å². The van der Waals surface area contributed by atoms with Gasteiger partial charge in [0.05, 0.1) is 12.8 Å². The number of hydrogen-bond acceptors (Lipinski definition) is 5. The SMILES string of the molecule is CC(C)NC(=O)COc1ccc(/C=N\NC(=O)CN2CCCCC2)cc1. The van der Waals surface area contributed by atoms with Crippen LogP contribution in [-0.2, 0) is 9.59 Å². The van der Waals surface area contributed by atoms with Crippen LogP contribution >= 0.6 is 0 Å². The molecule has 7 heteroatoms. The van der Waals surface area contributed by atoms with Crippen LogP contribution < -0.4 is 15.5 Å². The Labute approximate surface area is 154 Å². The summed E-state index contributed by atoms with van der Waals surface area (Å²) in [7, 11) is 0. The van der Waals surface area contributed by atoms with Gasteiger partial charge in [0.1, 0.15) is 5.75 Å². The van der Waals surface area contributed by atoms with Gasteiger partial charge < -0.3 is 10.1 Å². The first-order chi connectivity index (χ1) is 12.5. The second-order valence-corrected chi connectivity index (χ2v) is 6.71. The first-order valence-electron chi connectivity index (χ1n) is 9.09. The summed E-state index contributed by atoms with van der Waals surface area (Å²) < 4.78 is 5.42. The molecular formula is C19H28N4O3. The lowest BCUT2D eigenvalue weighted by molar-refractivity contribution is -0.124. The van der Waals surface area contributed by atoms with Gasteiger partial charge in [-0.1, -0.05) is 6.42 Å². The quantitative estimate of drug-likeness (QED) is 0.544. The van der Waals surface area contributed by atoms with Crippen LogP contribution in [0, 0.1) is 0 Å². The van der Waals surface area contributed by atoms with Gasteiger partial charge in [0.2, 0.25) is 0 Å². The molecule has 0 spiro atoms. The largest absolute Gasteiger partial charge is 0.484 e. The predicted molar refractivity (Wildman–Crippen MR) is 101 cm³/mol. The topological polar surface area (TPSA) is 83.0 Å². The summed E-state index contributed by atoms with van der Waals surface area (Å²) in [6.45, 7) is 6.14. The summed E-state index contributed by atoms with van der Waals surface area (Å²) in [4.78, 5) is 25.5. The minimum atomic E-state index is -0.151. The number of nitrogens with zero attached hydrogens (tertiary/aromatic N) is 2. The Morgan fingerprint density at radius 2 is 1.85 bits per heavy atom. The highest BCUT2D eigenvalue weighted by atomic mass is 16.5. The lowest BCUT2D eigenvalue weighted by Crippen LogP contribution is -2.38. The van der Waals surface area contributed by atoms with Crippen LogP contribution in [0.3, 0.4) is 0 Å². The zero-order valence-electron chi connectivity index (χ0n) is 15.5. The van der Waals surface area contributed by atoms with Gasteiger partial charge in [-0.25, -0.2) is 5.43 Å². The maximum absolute atomic E-state index is 11.9. The van der Waals surface area contributed by atoms with E-state index in [0.29, 0.717) is 12.3 Å². The van der Waals surface area contributed by atoms with Gasteiger partial charge in [0, 0.05) is 6.04 Å². The van der Waals surface area contributed by atoms with Gasteiger partial charge in [-0.05, 0) is 69.6 Å². The van der Waals surface area contributed by atoms with E-state index in [0.717, 1.165) is 31.5 Å². The second-order valence-electron chi connectivity index (χ2n) is 6.71. The fourth-order valence-electron chi connectivity index (χ4n) is 2.70. The lowest BCUT2D eigenvalue weighted by atomic mass is 10.1. The maximum Gasteiger partial charge on any atom is 0.258 e. The van der Waals surface area contributed by atoms with Crippen molar-refractivity contribution in [2.24, 2.45) is 5.10 Å². The van der Waals surface area contributed by atoms with Crippen molar-refractivity contribution in [2.45, 2.75) is 39.2 Å². The number of rotatable bonds is 8.